The van der Waals surface area contributed by atoms with E-state index < -0.39 is 49.3 Å². The third-order valence-corrected chi connectivity index (χ3v) is 6.88. The Kier molecular flexibility index (Phi) is 5.86. The van der Waals surface area contributed by atoms with Gasteiger partial charge in [-0.05, 0) is 31.4 Å². The number of carbonyl (C=O) groups is 2. The normalized spacial score (nSPS) is 43.8. The highest BCUT2D eigenvalue weighted by atomic mass is 16.7. The van der Waals surface area contributed by atoms with Crippen LogP contribution < -0.4 is 0 Å². The van der Waals surface area contributed by atoms with Gasteiger partial charge in [-0.3, -0.25) is 9.59 Å². The first kappa shape index (κ1) is 21.6. The molecule has 0 amide bonds. The van der Waals surface area contributed by atoms with E-state index in [1.807, 2.05) is 13.8 Å². The van der Waals surface area contributed by atoms with Crippen LogP contribution in [0, 0.1) is 17.8 Å². The van der Waals surface area contributed by atoms with Crippen molar-refractivity contribution >= 4 is 11.8 Å². The Balaban J connectivity index is 1.54. The van der Waals surface area contributed by atoms with Gasteiger partial charge in [0, 0.05) is 17.4 Å². The summed E-state index contributed by atoms with van der Waals surface area (Å²) in [6.45, 7) is 3.12. The fourth-order valence-electron chi connectivity index (χ4n) is 5.08. The largest absolute Gasteiger partial charge is 0.461 e. The highest BCUT2D eigenvalue weighted by molar-refractivity contribution is 6.09. The number of fused-ring (bicyclic) bond motifs is 3. The van der Waals surface area contributed by atoms with Crippen molar-refractivity contribution in [3.8, 4) is 0 Å². The summed E-state index contributed by atoms with van der Waals surface area (Å²) in [6, 6.07) is 0. The summed E-state index contributed by atoms with van der Waals surface area (Å²) >= 11 is 0. The van der Waals surface area contributed by atoms with E-state index in [-0.39, 0.29) is 30.2 Å². The second kappa shape index (κ2) is 8.14. The Morgan fingerprint density at radius 1 is 1.17 bits per heavy atom. The number of esters is 1. The van der Waals surface area contributed by atoms with E-state index in [0.29, 0.717) is 17.6 Å². The lowest BCUT2D eigenvalue weighted by atomic mass is 9.81. The lowest BCUT2D eigenvalue weighted by molar-refractivity contribution is -0.299. The molecule has 2 fully saturated rings. The van der Waals surface area contributed by atoms with E-state index in [1.54, 1.807) is 0 Å². The molecule has 0 aromatic rings. The van der Waals surface area contributed by atoms with Crippen molar-refractivity contribution in [2.24, 2.45) is 17.8 Å². The fraction of sp³-hybridized carbons (Fsp3) is 0.714. The van der Waals surface area contributed by atoms with Crippen molar-refractivity contribution in [3.05, 3.63) is 22.8 Å². The number of rotatable bonds is 4. The first-order valence-corrected chi connectivity index (χ1v) is 10.3. The van der Waals surface area contributed by atoms with Gasteiger partial charge in [0.15, 0.2) is 12.1 Å². The smallest absolute Gasteiger partial charge is 0.309 e. The van der Waals surface area contributed by atoms with E-state index in [9.17, 15) is 30.0 Å². The summed E-state index contributed by atoms with van der Waals surface area (Å²) < 4.78 is 16.7. The van der Waals surface area contributed by atoms with Crippen LogP contribution in [0.1, 0.15) is 26.7 Å². The van der Waals surface area contributed by atoms with Gasteiger partial charge in [0.1, 0.15) is 30.5 Å². The van der Waals surface area contributed by atoms with Gasteiger partial charge < -0.3 is 34.6 Å². The van der Waals surface area contributed by atoms with E-state index in [2.05, 4.69) is 0 Å². The molecule has 9 atom stereocenters. The second-order valence-corrected chi connectivity index (χ2v) is 8.66. The minimum Gasteiger partial charge on any atom is -0.461 e. The van der Waals surface area contributed by atoms with Crippen molar-refractivity contribution < 1.29 is 44.2 Å². The number of hydrogen-bond acceptors (Lipinski definition) is 9. The maximum Gasteiger partial charge on any atom is 0.309 e. The maximum atomic E-state index is 12.7. The van der Waals surface area contributed by atoms with Crippen molar-refractivity contribution in [1.29, 1.82) is 0 Å². The molecule has 0 spiro atoms. The lowest BCUT2D eigenvalue weighted by Gasteiger charge is -2.39. The third kappa shape index (κ3) is 3.43. The summed E-state index contributed by atoms with van der Waals surface area (Å²) in [5.74, 6) is -1.07. The summed E-state index contributed by atoms with van der Waals surface area (Å²) in [5.41, 5.74) is 2.23. The first-order chi connectivity index (χ1) is 14.2. The summed E-state index contributed by atoms with van der Waals surface area (Å²) in [6.07, 6.45) is -4.41. The van der Waals surface area contributed by atoms with Crippen LogP contribution in [0.5, 0.6) is 0 Å². The molecule has 2 aliphatic carbocycles. The Hall–Kier alpha value is -1.62. The monoisotopic (exact) mass is 424 g/mol. The molecule has 4 N–H and O–H groups in total. The van der Waals surface area contributed by atoms with Crippen LogP contribution in [0.3, 0.4) is 0 Å². The number of allylic oxidation sites excluding steroid dienone is 2. The molecular weight excluding hydrogens is 396 g/mol. The van der Waals surface area contributed by atoms with Crippen LogP contribution in [0.2, 0.25) is 0 Å². The molecule has 2 saturated heterocycles. The van der Waals surface area contributed by atoms with Gasteiger partial charge in [0.2, 0.25) is 0 Å². The predicted octanol–water partition coefficient (Wildman–Crippen LogP) is -0.784. The third-order valence-electron chi connectivity index (χ3n) is 6.88. The van der Waals surface area contributed by atoms with Crippen LogP contribution >= 0.6 is 0 Å². The minimum absolute atomic E-state index is 0.00323. The number of ether oxygens (including phenoxy) is 3. The molecule has 2 aliphatic heterocycles. The number of aliphatic hydroxyl groups excluding tert-OH is 4. The highest BCUT2D eigenvalue weighted by Crippen LogP contribution is 2.48. The van der Waals surface area contributed by atoms with Gasteiger partial charge in [0.25, 0.3) is 0 Å². The molecular formula is C21H28O9. The number of hydrogen-bond donors (Lipinski definition) is 4. The molecule has 0 aromatic heterocycles. The summed E-state index contributed by atoms with van der Waals surface area (Å²) in [5, 5.41) is 39.3. The van der Waals surface area contributed by atoms with E-state index in [0.717, 1.165) is 12.0 Å². The van der Waals surface area contributed by atoms with Crippen LogP contribution in [-0.2, 0) is 23.8 Å². The minimum atomic E-state index is -1.54. The average Bonchev–Trinajstić information content (AvgIpc) is 3.14. The Labute approximate surface area is 173 Å². The van der Waals surface area contributed by atoms with Crippen molar-refractivity contribution in [1.82, 2.24) is 0 Å². The van der Waals surface area contributed by atoms with Crippen molar-refractivity contribution in [2.45, 2.75) is 63.5 Å². The Morgan fingerprint density at radius 3 is 2.60 bits per heavy atom. The van der Waals surface area contributed by atoms with E-state index in [1.165, 1.54) is 6.08 Å². The van der Waals surface area contributed by atoms with Gasteiger partial charge >= 0.3 is 5.97 Å². The molecule has 0 saturated carbocycles. The van der Waals surface area contributed by atoms with E-state index >= 15 is 0 Å². The molecule has 4 rings (SSSR count). The van der Waals surface area contributed by atoms with Crippen LogP contribution in [0.25, 0.3) is 0 Å². The number of carbonyl (C=O) groups excluding carboxylic acids is 2. The molecule has 4 aliphatic rings. The van der Waals surface area contributed by atoms with Gasteiger partial charge in [-0.15, -0.1) is 0 Å². The Bertz CT molecular complexity index is 785. The van der Waals surface area contributed by atoms with Crippen molar-refractivity contribution in [2.75, 3.05) is 13.2 Å². The van der Waals surface area contributed by atoms with Crippen LogP contribution in [-0.4, -0.2) is 82.2 Å². The molecule has 0 bridgehead atoms. The quantitative estimate of drug-likeness (QED) is 0.427. The molecule has 2 heterocycles. The maximum absolute atomic E-state index is 12.7. The average molecular weight is 424 g/mol. The van der Waals surface area contributed by atoms with Crippen LogP contribution in [0.4, 0.5) is 0 Å². The standard InChI is InChI=1S/C21H28O9/c1-8-3-4-11-9(2)20(27)30-19(11)15-10(5-12(23)14(8)15)7-28-21-18(26)17(25)16(24)13(6-22)29-21/h5,9,11,13,15-19,21-22,24-26H,3-4,6-7H2,1-2H3/t9-,11+,13-,15+,16-,17+,18-,19+,21-/m1/s1. The van der Waals surface area contributed by atoms with E-state index in [4.69, 9.17) is 14.2 Å². The molecule has 0 radical (unpaired) electrons. The zero-order valence-electron chi connectivity index (χ0n) is 16.9. The first-order valence-electron chi connectivity index (χ1n) is 10.3. The topological polar surface area (TPSA) is 143 Å². The zero-order valence-corrected chi connectivity index (χ0v) is 16.9. The van der Waals surface area contributed by atoms with Gasteiger partial charge in [-0.1, -0.05) is 12.5 Å². The van der Waals surface area contributed by atoms with Gasteiger partial charge in [-0.25, -0.2) is 0 Å². The van der Waals surface area contributed by atoms with Gasteiger partial charge in [0.05, 0.1) is 19.1 Å². The molecule has 0 aromatic carbocycles. The number of aliphatic hydroxyl groups is 4. The van der Waals surface area contributed by atoms with Crippen LogP contribution in [0.15, 0.2) is 22.8 Å². The fourth-order valence-corrected chi connectivity index (χ4v) is 5.08. The highest BCUT2D eigenvalue weighted by Gasteiger charge is 2.52. The predicted molar refractivity (Wildman–Crippen MR) is 101 cm³/mol. The zero-order chi connectivity index (χ0) is 21.7. The molecule has 166 valence electrons. The molecule has 9 nitrogen and oxygen atoms in total. The number of ketones is 1. The second-order valence-electron chi connectivity index (χ2n) is 8.66. The van der Waals surface area contributed by atoms with Crippen molar-refractivity contribution in [3.63, 3.8) is 0 Å². The lowest BCUT2D eigenvalue weighted by Crippen LogP contribution is -2.59. The molecule has 9 heteroatoms. The SMILES string of the molecule is CC1=C2C(=O)C=C(CO[C@@H]3O[C@H](CO)[C@@H](O)[C@H](O)[C@H]3O)[C@@H]2[C@H]2OC(=O)[C@H](C)[C@@H]2CC1. The molecule has 0 unspecified atom stereocenters. The summed E-state index contributed by atoms with van der Waals surface area (Å²) in [7, 11) is 0. The Morgan fingerprint density at radius 2 is 1.90 bits per heavy atom. The summed E-state index contributed by atoms with van der Waals surface area (Å²) in [4.78, 5) is 24.9. The molecule has 30 heavy (non-hydrogen) atoms. The van der Waals surface area contributed by atoms with Gasteiger partial charge in [-0.2, -0.15) is 0 Å².